The Balaban J connectivity index is 2.28. The monoisotopic (exact) mass is 377 g/mol. The number of aliphatic hydroxyl groups excluding tert-OH is 1. The number of nitrogens with one attached hydrogen (secondary N) is 2. The number of aliphatic carboxylic acids is 1. The van der Waals surface area contributed by atoms with Gasteiger partial charge in [-0.25, -0.2) is 9.59 Å². The van der Waals surface area contributed by atoms with Crippen molar-refractivity contribution in [3.8, 4) is 6.07 Å². The minimum absolute atomic E-state index is 0.0756. The summed E-state index contributed by atoms with van der Waals surface area (Å²) in [6.07, 6.45) is -1.65. The SMILES string of the molecule is N#CCCC[C@@H](NC(=O)C[C@@H](O)CNC(=O)OCc1ccccc1)C(=O)O. The summed E-state index contributed by atoms with van der Waals surface area (Å²) in [5, 5.41) is 31.9. The Kier molecular flexibility index (Phi) is 9.96. The van der Waals surface area contributed by atoms with Crippen LogP contribution in [-0.4, -0.2) is 46.9 Å². The fourth-order valence-electron chi connectivity index (χ4n) is 2.16. The Labute approximate surface area is 156 Å². The van der Waals surface area contributed by atoms with Crippen molar-refractivity contribution in [2.24, 2.45) is 0 Å². The van der Waals surface area contributed by atoms with Gasteiger partial charge in [-0.2, -0.15) is 5.26 Å². The summed E-state index contributed by atoms with van der Waals surface area (Å²) in [6, 6.07) is 9.82. The predicted octanol–water partition coefficient (Wildman–Crippen LogP) is 0.927. The highest BCUT2D eigenvalue weighted by Crippen LogP contribution is 2.03. The number of carboxylic acid groups (broad SMARTS) is 1. The number of rotatable bonds is 11. The maximum absolute atomic E-state index is 11.8. The average molecular weight is 377 g/mol. The number of nitriles is 1. The fourth-order valence-corrected chi connectivity index (χ4v) is 2.16. The van der Waals surface area contributed by atoms with Crippen LogP contribution in [0.4, 0.5) is 4.79 Å². The van der Waals surface area contributed by atoms with Crippen molar-refractivity contribution >= 4 is 18.0 Å². The van der Waals surface area contributed by atoms with E-state index in [1.54, 1.807) is 12.1 Å². The number of carbonyl (C=O) groups is 3. The van der Waals surface area contributed by atoms with Gasteiger partial charge in [0.15, 0.2) is 0 Å². The lowest BCUT2D eigenvalue weighted by molar-refractivity contribution is -0.142. The van der Waals surface area contributed by atoms with Crippen LogP contribution in [0.3, 0.4) is 0 Å². The molecule has 146 valence electrons. The Morgan fingerprint density at radius 1 is 1.22 bits per heavy atom. The van der Waals surface area contributed by atoms with Crippen LogP contribution in [0.25, 0.3) is 0 Å². The van der Waals surface area contributed by atoms with E-state index in [4.69, 9.17) is 15.1 Å². The molecule has 1 aromatic rings. The predicted molar refractivity (Wildman–Crippen MR) is 94.3 cm³/mol. The molecule has 1 aromatic carbocycles. The highest BCUT2D eigenvalue weighted by molar-refractivity contribution is 5.83. The van der Waals surface area contributed by atoms with Crippen molar-refractivity contribution in [3.05, 3.63) is 35.9 Å². The molecule has 0 bridgehead atoms. The molecule has 0 radical (unpaired) electrons. The van der Waals surface area contributed by atoms with E-state index in [2.05, 4.69) is 10.6 Å². The number of carboxylic acids is 1. The zero-order valence-electron chi connectivity index (χ0n) is 14.8. The van der Waals surface area contributed by atoms with E-state index in [-0.39, 0.29) is 32.4 Å². The van der Waals surface area contributed by atoms with Gasteiger partial charge in [0.25, 0.3) is 0 Å². The largest absolute Gasteiger partial charge is 0.480 e. The second-order valence-electron chi connectivity index (χ2n) is 5.81. The number of ether oxygens (including phenoxy) is 1. The molecule has 1 rings (SSSR count). The number of hydrogen-bond acceptors (Lipinski definition) is 6. The summed E-state index contributed by atoms with van der Waals surface area (Å²) in [5.74, 6) is -1.87. The fraction of sp³-hybridized carbons (Fsp3) is 0.444. The van der Waals surface area contributed by atoms with Gasteiger partial charge in [-0.1, -0.05) is 30.3 Å². The quantitative estimate of drug-likeness (QED) is 0.419. The summed E-state index contributed by atoms with van der Waals surface area (Å²) in [4.78, 5) is 34.5. The van der Waals surface area contributed by atoms with Crippen molar-refractivity contribution in [3.63, 3.8) is 0 Å². The van der Waals surface area contributed by atoms with E-state index >= 15 is 0 Å². The van der Waals surface area contributed by atoms with E-state index in [1.165, 1.54) is 0 Å². The third-order valence-electron chi connectivity index (χ3n) is 3.53. The van der Waals surface area contributed by atoms with Crippen molar-refractivity contribution in [1.29, 1.82) is 5.26 Å². The third-order valence-corrected chi connectivity index (χ3v) is 3.53. The van der Waals surface area contributed by atoms with Gasteiger partial charge in [0.2, 0.25) is 5.91 Å². The van der Waals surface area contributed by atoms with Gasteiger partial charge in [-0.3, -0.25) is 4.79 Å². The number of alkyl carbamates (subject to hydrolysis) is 1. The van der Waals surface area contributed by atoms with Gasteiger partial charge in [0.1, 0.15) is 12.6 Å². The molecule has 0 spiro atoms. The zero-order chi connectivity index (χ0) is 20.1. The third kappa shape index (κ3) is 9.81. The van der Waals surface area contributed by atoms with Crippen LogP contribution in [0.2, 0.25) is 0 Å². The Morgan fingerprint density at radius 3 is 2.56 bits per heavy atom. The Bertz CT molecular complexity index is 659. The minimum Gasteiger partial charge on any atom is -0.480 e. The molecule has 2 amide bonds. The summed E-state index contributed by atoms with van der Waals surface area (Å²) >= 11 is 0. The standard InChI is InChI=1S/C18H23N3O6/c19-9-5-4-8-15(17(24)25)21-16(23)10-14(22)11-20-18(26)27-12-13-6-2-1-3-7-13/h1-3,6-7,14-15,22H,4-5,8,10-12H2,(H,20,26)(H,21,23)(H,24,25)/t14-,15-/m1/s1. The van der Waals surface area contributed by atoms with Crippen LogP contribution >= 0.6 is 0 Å². The summed E-state index contributed by atoms with van der Waals surface area (Å²) < 4.78 is 4.97. The molecule has 0 saturated heterocycles. The molecule has 4 N–H and O–H groups in total. The first-order valence-electron chi connectivity index (χ1n) is 8.44. The molecule has 0 heterocycles. The second-order valence-corrected chi connectivity index (χ2v) is 5.81. The van der Waals surface area contributed by atoms with E-state index in [0.29, 0.717) is 6.42 Å². The first-order chi connectivity index (χ1) is 12.9. The Hall–Kier alpha value is -3.12. The maximum Gasteiger partial charge on any atom is 0.407 e. The highest BCUT2D eigenvalue weighted by atomic mass is 16.5. The number of nitrogens with zero attached hydrogens (tertiary/aromatic N) is 1. The lowest BCUT2D eigenvalue weighted by atomic mass is 10.1. The molecular weight excluding hydrogens is 354 g/mol. The molecule has 0 saturated carbocycles. The molecule has 0 fully saturated rings. The van der Waals surface area contributed by atoms with E-state index in [0.717, 1.165) is 5.56 Å². The van der Waals surface area contributed by atoms with Gasteiger partial charge >= 0.3 is 12.1 Å². The van der Waals surface area contributed by atoms with Crippen LogP contribution in [0, 0.1) is 11.3 Å². The van der Waals surface area contributed by atoms with Crippen molar-refractivity contribution < 1.29 is 29.3 Å². The maximum atomic E-state index is 11.8. The average Bonchev–Trinajstić information content (AvgIpc) is 2.64. The highest BCUT2D eigenvalue weighted by Gasteiger charge is 2.21. The van der Waals surface area contributed by atoms with Crippen molar-refractivity contribution in [2.45, 2.75) is 44.4 Å². The van der Waals surface area contributed by atoms with Crippen LogP contribution in [0.15, 0.2) is 30.3 Å². The van der Waals surface area contributed by atoms with Gasteiger partial charge in [0, 0.05) is 13.0 Å². The van der Waals surface area contributed by atoms with Crippen molar-refractivity contribution in [2.75, 3.05) is 6.54 Å². The normalized spacial score (nSPS) is 12.3. The number of carbonyl (C=O) groups excluding carboxylic acids is 2. The first kappa shape index (κ1) is 21.9. The second kappa shape index (κ2) is 12.3. The summed E-state index contributed by atoms with van der Waals surface area (Å²) in [5.41, 5.74) is 0.809. The van der Waals surface area contributed by atoms with E-state index in [9.17, 15) is 19.5 Å². The lowest BCUT2D eigenvalue weighted by Gasteiger charge is -2.16. The molecule has 2 atom stereocenters. The molecule has 0 aromatic heterocycles. The van der Waals surface area contributed by atoms with Gasteiger partial charge in [-0.05, 0) is 18.4 Å². The van der Waals surface area contributed by atoms with Crippen molar-refractivity contribution in [1.82, 2.24) is 10.6 Å². The van der Waals surface area contributed by atoms with Gasteiger partial charge < -0.3 is 25.6 Å². The lowest BCUT2D eigenvalue weighted by Crippen LogP contribution is -2.43. The number of unbranched alkanes of at least 4 members (excludes halogenated alkanes) is 1. The van der Waals surface area contributed by atoms with Gasteiger partial charge in [-0.15, -0.1) is 0 Å². The first-order valence-corrected chi connectivity index (χ1v) is 8.44. The van der Waals surface area contributed by atoms with Crippen LogP contribution < -0.4 is 10.6 Å². The topological polar surface area (TPSA) is 149 Å². The molecule has 27 heavy (non-hydrogen) atoms. The molecule has 9 heteroatoms. The minimum atomic E-state index is -1.21. The number of aliphatic hydroxyl groups is 1. The van der Waals surface area contributed by atoms with Crippen LogP contribution in [0.5, 0.6) is 0 Å². The molecule has 0 aliphatic rings. The molecule has 0 unspecified atom stereocenters. The smallest absolute Gasteiger partial charge is 0.407 e. The van der Waals surface area contributed by atoms with Crippen LogP contribution in [-0.2, 0) is 20.9 Å². The molecular formula is C18H23N3O6. The molecule has 9 nitrogen and oxygen atoms in total. The number of benzene rings is 1. The molecule has 0 aliphatic heterocycles. The zero-order valence-corrected chi connectivity index (χ0v) is 14.8. The van der Waals surface area contributed by atoms with Gasteiger partial charge in [0.05, 0.1) is 18.6 Å². The Morgan fingerprint density at radius 2 is 1.93 bits per heavy atom. The van der Waals surface area contributed by atoms with E-state index in [1.807, 2.05) is 24.3 Å². The van der Waals surface area contributed by atoms with E-state index < -0.39 is 30.1 Å². The van der Waals surface area contributed by atoms with Crippen LogP contribution in [0.1, 0.15) is 31.2 Å². The summed E-state index contributed by atoms with van der Waals surface area (Å²) in [7, 11) is 0. The molecule has 0 aliphatic carbocycles. The summed E-state index contributed by atoms with van der Waals surface area (Å²) in [6.45, 7) is -0.139. The number of hydrogen-bond donors (Lipinski definition) is 4. The number of amides is 2.